The molecule has 2 N–H and O–H groups in total. The number of para-hydroxylation sites is 1. The van der Waals surface area contributed by atoms with E-state index < -0.39 is 17.1 Å². The number of hydrogen-bond donors (Lipinski definition) is 2. The number of nitrogens with zero attached hydrogens (tertiary/aromatic N) is 2. The zero-order chi connectivity index (χ0) is 20.3. The van der Waals surface area contributed by atoms with Crippen LogP contribution in [-0.4, -0.2) is 34.5 Å². The topological polar surface area (TPSA) is 107 Å². The van der Waals surface area contributed by atoms with Crippen LogP contribution in [0.15, 0.2) is 58.1 Å². The lowest BCUT2D eigenvalue weighted by molar-refractivity contribution is 0.0476. The number of ether oxygens (including phenoxy) is 1. The molecule has 146 valence electrons. The number of aromatic nitrogens is 2. The zero-order valence-electron chi connectivity index (χ0n) is 15.2. The molecule has 1 atom stereocenters. The molecular formula is C19H18ClN3O5. The Morgan fingerprint density at radius 1 is 1.36 bits per heavy atom. The number of aliphatic hydroxyl groups is 1. The van der Waals surface area contributed by atoms with Gasteiger partial charge in [0.15, 0.2) is 0 Å². The quantitative estimate of drug-likeness (QED) is 0.609. The summed E-state index contributed by atoms with van der Waals surface area (Å²) in [6.07, 6.45) is 2.80. The molecule has 8 nitrogen and oxygen atoms in total. The molecule has 0 aliphatic heterocycles. The lowest BCUT2D eigenvalue weighted by Gasteiger charge is -2.22. The van der Waals surface area contributed by atoms with E-state index in [1.165, 1.54) is 25.6 Å². The molecule has 0 fully saturated rings. The number of carbonyl (C=O) groups is 1. The molecule has 2 heterocycles. The number of hydrogen-bond acceptors (Lipinski definition) is 7. The van der Waals surface area contributed by atoms with E-state index in [1.54, 1.807) is 37.3 Å². The van der Waals surface area contributed by atoms with Gasteiger partial charge in [0.25, 0.3) is 5.56 Å². The highest BCUT2D eigenvalue weighted by atomic mass is 35.5. The number of esters is 1. The van der Waals surface area contributed by atoms with E-state index in [4.69, 9.17) is 20.8 Å². The Hall–Kier alpha value is -3.10. The van der Waals surface area contributed by atoms with Crippen molar-refractivity contribution < 1.29 is 19.1 Å². The van der Waals surface area contributed by atoms with Crippen molar-refractivity contribution >= 4 is 23.3 Å². The van der Waals surface area contributed by atoms with Gasteiger partial charge in [0, 0.05) is 0 Å². The van der Waals surface area contributed by atoms with Crippen LogP contribution in [0.5, 0.6) is 0 Å². The Kier molecular flexibility index (Phi) is 5.53. The maximum Gasteiger partial charge on any atom is 0.340 e. The summed E-state index contributed by atoms with van der Waals surface area (Å²) in [5, 5.41) is 17.4. The van der Waals surface area contributed by atoms with Crippen LogP contribution in [0.2, 0.25) is 5.02 Å². The minimum absolute atomic E-state index is 0.0319. The summed E-state index contributed by atoms with van der Waals surface area (Å²) in [4.78, 5) is 24.7. The van der Waals surface area contributed by atoms with Crippen LogP contribution in [0.3, 0.4) is 0 Å². The maximum absolute atomic E-state index is 12.7. The van der Waals surface area contributed by atoms with Crippen molar-refractivity contribution in [3.8, 4) is 5.69 Å². The van der Waals surface area contributed by atoms with E-state index >= 15 is 0 Å². The number of nitrogens with one attached hydrogen (secondary N) is 1. The second-order valence-electron chi connectivity index (χ2n) is 6.20. The molecule has 1 aromatic carbocycles. The Balaban J connectivity index is 1.91. The first-order valence-corrected chi connectivity index (χ1v) is 8.68. The standard InChI is InChI=1S/C19H18ClN3O5/c1-19(26,15-8-5-9-28-15)11-21-13-10-22-23(17(24)16(13)20)14-7-4-3-6-12(14)18(25)27-2/h3-10,21,26H,11H2,1-2H3. The van der Waals surface area contributed by atoms with Crippen molar-refractivity contribution in [3.63, 3.8) is 0 Å². The predicted octanol–water partition coefficient (Wildman–Crippen LogP) is 2.59. The SMILES string of the molecule is COC(=O)c1ccccc1-n1ncc(NCC(C)(O)c2ccco2)c(Cl)c1=O. The van der Waals surface area contributed by atoms with Crippen LogP contribution in [0, 0.1) is 0 Å². The number of furan rings is 1. The van der Waals surface area contributed by atoms with Crippen LogP contribution in [0.25, 0.3) is 5.69 Å². The summed E-state index contributed by atoms with van der Waals surface area (Å²) in [6, 6.07) is 9.70. The average Bonchev–Trinajstić information content (AvgIpc) is 3.24. The van der Waals surface area contributed by atoms with Crippen LogP contribution in [0.4, 0.5) is 5.69 Å². The van der Waals surface area contributed by atoms with Crippen molar-refractivity contribution in [2.24, 2.45) is 0 Å². The normalized spacial score (nSPS) is 13.0. The highest BCUT2D eigenvalue weighted by molar-refractivity contribution is 6.33. The summed E-state index contributed by atoms with van der Waals surface area (Å²) >= 11 is 6.21. The molecule has 3 rings (SSSR count). The lowest BCUT2D eigenvalue weighted by atomic mass is 10.0. The van der Waals surface area contributed by atoms with E-state index in [9.17, 15) is 14.7 Å². The molecule has 3 aromatic rings. The van der Waals surface area contributed by atoms with E-state index in [0.717, 1.165) is 4.68 Å². The van der Waals surface area contributed by atoms with Gasteiger partial charge in [-0.1, -0.05) is 23.7 Å². The molecule has 0 radical (unpaired) electrons. The van der Waals surface area contributed by atoms with Gasteiger partial charge in [-0.3, -0.25) is 4.79 Å². The third-order valence-electron chi connectivity index (χ3n) is 4.13. The van der Waals surface area contributed by atoms with Gasteiger partial charge < -0.3 is 19.6 Å². The van der Waals surface area contributed by atoms with Crippen LogP contribution < -0.4 is 10.9 Å². The Labute approximate surface area is 165 Å². The number of rotatable bonds is 6. The van der Waals surface area contributed by atoms with Gasteiger partial charge in [-0.25, -0.2) is 4.79 Å². The largest absolute Gasteiger partial charge is 0.466 e. The Bertz CT molecular complexity index is 1040. The molecule has 0 spiro atoms. The minimum Gasteiger partial charge on any atom is -0.466 e. The van der Waals surface area contributed by atoms with Crippen molar-refractivity contribution in [1.29, 1.82) is 0 Å². The molecular weight excluding hydrogens is 386 g/mol. The Morgan fingerprint density at radius 3 is 2.79 bits per heavy atom. The van der Waals surface area contributed by atoms with Gasteiger partial charge in [-0.05, 0) is 31.2 Å². The van der Waals surface area contributed by atoms with Crippen LogP contribution in [0.1, 0.15) is 23.0 Å². The van der Waals surface area contributed by atoms with E-state index in [2.05, 4.69) is 10.4 Å². The first-order chi connectivity index (χ1) is 13.3. The van der Waals surface area contributed by atoms with Crippen LogP contribution >= 0.6 is 11.6 Å². The van der Waals surface area contributed by atoms with Crippen molar-refractivity contribution in [1.82, 2.24) is 9.78 Å². The number of benzene rings is 1. The van der Waals surface area contributed by atoms with Crippen molar-refractivity contribution in [2.75, 3.05) is 19.0 Å². The van der Waals surface area contributed by atoms with E-state index in [0.29, 0.717) is 5.76 Å². The minimum atomic E-state index is -1.32. The van der Waals surface area contributed by atoms with Gasteiger partial charge in [0.1, 0.15) is 16.4 Å². The van der Waals surface area contributed by atoms with Crippen molar-refractivity contribution in [3.05, 3.63) is 75.6 Å². The average molecular weight is 404 g/mol. The first-order valence-electron chi connectivity index (χ1n) is 8.31. The second-order valence-corrected chi connectivity index (χ2v) is 6.58. The summed E-state index contributed by atoms with van der Waals surface area (Å²) in [5.41, 5.74) is -1.28. The molecule has 0 amide bonds. The molecule has 0 bridgehead atoms. The molecule has 0 aliphatic carbocycles. The summed E-state index contributed by atoms with van der Waals surface area (Å²) in [6.45, 7) is 1.60. The van der Waals surface area contributed by atoms with Gasteiger partial charge in [-0.15, -0.1) is 0 Å². The van der Waals surface area contributed by atoms with Gasteiger partial charge in [0.05, 0.1) is 43.1 Å². The summed E-state index contributed by atoms with van der Waals surface area (Å²) in [5.74, 6) is -0.235. The second kappa shape index (κ2) is 7.87. The lowest BCUT2D eigenvalue weighted by Crippen LogP contribution is -2.31. The monoisotopic (exact) mass is 403 g/mol. The molecule has 2 aromatic heterocycles. The number of halogens is 1. The fourth-order valence-corrected chi connectivity index (χ4v) is 2.80. The number of carbonyl (C=O) groups excluding carboxylic acids is 1. The van der Waals surface area contributed by atoms with Gasteiger partial charge in [0.2, 0.25) is 0 Å². The molecule has 0 aliphatic rings. The van der Waals surface area contributed by atoms with Crippen molar-refractivity contribution in [2.45, 2.75) is 12.5 Å². The molecule has 28 heavy (non-hydrogen) atoms. The van der Waals surface area contributed by atoms with Gasteiger partial charge in [-0.2, -0.15) is 9.78 Å². The fraction of sp³-hybridized carbons (Fsp3) is 0.211. The third kappa shape index (κ3) is 3.78. The zero-order valence-corrected chi connectivity index (χ0v) is 15.9. The summed E-state index contributed by atoms with van der Waals surface area (Å²) in [7, 11) is 1.25. The maximum atomic E-state index is 12.7. The highest BCUT2D eigenvalue weighted by Gasteiger charge is 2.26. The van der Waals surface area contributed by atoms with Crippen LogP contribution in [-0.2, 0) is 10.3 Å². The number of anilines is 1. The molecule has 9 heteroatoms. The summed E-state index contributed by atoms with van der Waals surface area (Å²) < 4.78 is 11.0. The smallest absolute Gasteiger partial charge is 0.340 e. The third-order valence-corrected chi connectivity index (χ3v) is 4.50. The van der Waals surface area contributed by atoms with E-state index in [-0.39, 0.29) is 28.5 Å². The number of methoxy groups -OCH3 is 1. The Morgan fingerprint density at radius 2 is 2.11 bits per heavy atom. The first kappa shape index (κ1) is 19.7. The predicted molar refractivity (Wildman–Crippen MR) is 103 cm³/mol. The molecule has 1 unspecified atom stereocenters. The molecule has 0 saturated heterocycles. The fourth-order valence-electron chi connectivity index (χ4n) is 2.61. The van der Waals surface area contributed by atoms with E-state index in [1.807, 2.05) is 0 Å². The highest BCUT2D eigenvalue weighted by Crippen LogP contribution is 2.24. The molecule has 0 saturated carbocycles. The van der Waals surface area contributed by atoms with Gasteiger partial charge >= 0.3 is 5.97 Å².